The van der Waals surface area contributed by atoms with Crippen LogP contribution in [-0.4, -0.2) is 132 Å². The summed E-state index contributed by atoms with van der Waals surface area (Å²) >= 11 is 0. The molecule has 10 rings (SSSR count). The van der Waals surface area contributed by atoms with E-state index in [1.807, 2.05) is 55.3 Å². The van der Waals surface area contributed by atoms with Gasteiger partial charge < -0.3 is 24.2 Å². The number of hydrogen-bond acceptors (Lipinski definition) is 11. The molecular weight excluding hydrogens is 880 g/mol. The van der Waals surface area contributed by atoms with Crippen LogP contribution in [0.3, 0.4) is 0 Å². The second kappa shape index (κ2) is 20.0. The summed E-state index contributed by atoms with van der Waals surface area (Å²) in [5, 5.41) is 2.34. The maximum atomic E-state index is 15.2. The van der Waals surface area contributed by atoms with Crippen LogP contribution in [0, 0.1) is 49.8 Å². The minimum Gasteiger partial charge on any atom is -0.461 e. The molecule has 2 aromatic heterocycles. The number of carbonyl (C=O) groups excluding carboxylic acids is 2. The molecular formula is C57H67FN8O4. The number of rotatable bonds is 11. The first kappa shape index (κ1) is 47.6. The van der Waals surface area contributed by atoms with Gasteiger partial charge in [0, 0.05) is 105 Å². The Morgan fingerprint density at radius 1 is 0.957 bits per heavy atom. The number of amides is 1. The van der Waals surface area contributed by atoms with E-state index in [9.17, 15) is 9.59 Å². The quantitative estimate of drug-likeness (QED) is 0.0719. The van der Waals surface area contributed by atoms with E-state index < -0.39 is 5.82 Å². The van der Waals surface area contributed by atoms with Crippen molar-refractivity contribution in [1.82, 2.24) is 29.7 Å². The van der Waals surface area contributed by atoms with Crippen LogP contribution in [0.5, 0.6) is 6.01 Å². The van der Waals surface area contributed by atoms with E-state index in [-0.39, 0.29) is 23.2 Å². The number of hydrogen-bond donors (Lipinski definition) is 0. The van der Waals surface area contributed by atoms with Gasteiger partial charge in [-0.2, -0.15) is 9.97 Å². The molecule has 5 aliphatic heterocycles. The van der Waals surface area contributed by atoms with Crippen molar-refractivity contribution in [2.75, 3.05) is 88.5 Å². The molecule has 5 aromatic rings. The number of carbonyl (C=O) groups is 2. The topological polar surface area (TPSA) is 107 Å². The lowest BCUT2D eigenvalue weighted by molar-refractivity contribution is 0.0388. The van der Waals surface area contributed by atoms with Crippen molar-refractivity contribution < 1.29 is 23.5 Å². The first-order valence-electron chi connectivity index (χ1n) is 25.5. The summed E-state index contributed by atoms with van der Waals surface area (Å²) in [6, 6.07) is 15.5. The summed E-state index contributed by atoms with van der Waals surface area (Å²) in [5.74, 6) is 4.48. The molecule has 7 heterocycles. The highest BCUT2D eigenvalue weighted by atomic mass is 19.1. The summed E-state index contributed by atoms with van der Waals surface area (Å²) in [7, 11) is 0. The summed E-state index contributed by atoms with van der Waals surface area (Å²) < 4.78 is 28.1. The Morgan fingerprint density at radius 2 is 1.73 bits per heavy atom. The molecule has 4 atom stereocenters. The zero-order chi connectivity index (χ0) is 48.7. The first-order valence-corrected chi connectivity index (χ1v) is 25.5. The lowest BCUT2D eigenvalue weighted by Gasteiger charge is -2.39. The second-order valence-corrected chi connectivity index (χ2v) is 21.2. The van der Waals surface area contributed by atoms with Gasteiger partial charge in [0.1, 0.15) is 31.1 Å². The van der Waals surface area contributed by atoms with Crippen molar-refractivity contribution in [2.24, 2.45) is 17.8 Å². The van der Waals surface area contributed by atoms with Crippen molar-refractivity contribution in [1.29, 1.82) is 0 Å². The van der Waals surface area contributed by atoms with Crippen molar-refractivity contribution in [3.05, 3.63) is 95.0 Å². The average molecular weight is 947 g/mol. The fourth-order valence-electron chi connectivity index (χ4n) is 12.2. The number of nitrogens with zero attached hydrogens (tertiary/aromatic N) is 8. The Bertz CT molecular complexity index is 2840. The maximum absolute atomic E-state index is 15.2. The molecule has 13 heteroatoms. The fourth-order valence-corrected chi connectivity index (χ4v) is 12.2. The number of piperazine rings is 1. The average Bonchev–Trinajstić information content (AvgIpc) is 3.81. The van der Waals surface area contributed by atoms with Crippen LogP contribution in [0.25, 0.3) is 32.9 Å². The lowest BCUT2D eigenvalue weighted by atomic mass is 9.94. The van der Waals surface area contributed by atoms with E-state index in [1.165, 1.54) is 6.07 Å². The second-order valence-electron chi connectivity index (χ2n) is 21.2. The number of aromatic nitrogens is 3. The number of aryl methyl sites for hydroxylation is 2. The van der Waals surface area contributed by atoms with Crippen LogP contribution in [0.2, 0.25) is 0 Å². The van der Waals surface area contributed by atoms with Crippen LogP contribution in [0.1, 0.15) is 85.8 Å². The number of likely N-dealkylation sites (tertiary alicyclic amines) is 1. The standard InChI is InChI=1S/C57H67FN8O4/c1-7-47-50(58)16-14-43-9-8-10-48(51(43)47)52-41(6)53-49(29-59-52)54(65-30-37(2)11-12-38(3)31-65)61-55(60-53)70-36-57-20-17-46(66(57)32-39(4)28-57)35-69-56(68)64-21-18-42(19-22-64)33-62-23-25-63(26-24-62)45-15-13-40(5)44(27-45)34-67/h1,8-10,13-16,27,29,34,37-38,42,46H,4,11-12,17-26,28,30-33,35-36H2,2-3,5-6H3/t37?,38?,46-,57-/m0/s1. The number of fused-ring (bicyclic) bond motifs is 3. The van der Waals surface area contributed by atoms with Crippen molar-refractivity contribution in [3.8, 4) is 29.6 Å². The molecule has 0 saturated carbocycles. The Labute approximate surface area is 412 Å². The van der Waals surface area contributed by atoms with Gasteiger partial charge in [-0.25, -0.2) is 9.18 Å². The number of anilines is 2. The number of ether oxygens (including phenoxy) is 2. The number of piperidine rings is 1. The Balaban J connectivity index is 0.805. The zero-order valence-corrected chi connectivity index (χ0v) is 41.4. The molecule has 0 spiro atoms. The van der Waals surface area contributed by atoms with Crippen molar-refractivity contribution in [2.45, 2.75) is 84.2 Å². The molecule has 1 amide bonds. The van der Waals surface area contributed by atoms with Crippen LogP contribution in [0.15, 0.2) is 66.9 Å². The first-order chi connectivity index (χ1) is 33.9. The molecule has 5 fully saturated rings. The highest BCUT2D eigenvalue weighted by molar-refractivity contribution is 6.03. The Kier molecular flexibility index (Phi) is 13.6. The summed E-state index contributed by atoms with van der Waals surface area (Å²) in [6.45, 7) is 22.5. The van der Waals surface area contributed by atoms with Crippen LogP contribution >= 0.6 is 0 Å². The minimum atomic E-state index is -0.439. The highest BCUT2D eigenvalue weighted by Crippen LogP contribution is 2.45. The zero-order valence-electron chi connectivity index (χ0n) is 41.4. The van der Waals surface area contributed by atoms with Crippen molar-refractivity contribution in [3.63, 3.8) is 0 Å². The van der Waals surface area contributed by atoms with E-state index in [1.54, 1.807) is 6.07 Å². The number of pyridine rings is 1. The van der Waals surface area contributed by atoms with Gasteiger partial charge in [-0.3, -0.25) is 19.6 Å². The van der Waals surface area contributed by atoms with Gasteiger partial charge in [0.05, 0.1) is 27.7 Å². The normalized spacial score (nSPS) is 23.7. The molecule has 3 aromatic carbocycles. The monoisotopic (exact) mass is 947 g/mol. The lowest BCUT2D eigenvalue weighted by Crippen LogP contribution is -2.50. The van der Waals surface area contributed by atoms with Crippen LogP contribution in [-0.2, 0) is 4.74 Å². The van der Waals surface area contributed by atoms with Gasteiger partial charge in [-0.1, -0.05) is 62.3 Å². The van der Waals surface area contributed by atoms with Gasteiger partial charge in [0.25, 0.3) is 0 Å². The van der Waals surface area contributed by atoms with Gasteiger partial charge in [-0.15, -0.1) is 6.42 Å². The van der Waals surface area contributed by atoms with Gasteiger partial charge in [0.2, 0.25) is 0 Å². The predicted molar refractivity (Wildman–Crippen MR) is 275 cm³/mol. The van der Waals surface area contributed by atoms with E-state index >= 15 is 4.39 Å². The third-order valence-electron chi connectivity index (χ3n) is 16.2. The number of halogens is 1. The minimum absolute atomic E-state index is 0.0513. The molecule has 0 aliphatic carbocycles. The van der Waals surface area contributed by atoms with E-state index in [0.29, 0.717) is 61.1 Å². The molecule has 0 bridgehead atoms. The number of aldehydes is 1. The smallest absolute Gasteiger partial charge is 0.409 e. The number of benzene rings is 3. The number of terminal acetylenes is 1. The Hall–Kier alpha value is -6.10. The highest BCUT2D eigenvalue weighted by Gasteiger charge is 2.51. The van der Waals surface area contributed by atoms with Crippen molar-refractivity contribution >= 4 is 45.6 Å². The maximum Gasteiger partial charge on any atom is 0.409 e. The Morgan fingerprint density at radius 3 is 2.47 bits per heavy atom. The van der Waals surface area contributed by atoms with E-state index in [4.69, 9.17) is 30.8 Å². The SMILES string of the molecule is C#Cc1c(F)ccc2cccc(-c3ncc4c(N5CC(C)CCC(C)C5)nc(OC[C@@]56CC[C@@H](COC(=O)N7CCC(CN8CCN(c9ccc(C)c(C=O)c9)CC8)CC7)N5CC(=C)C6)nc4c3C)c12. The van der Waals surface area contributed by atoms with Gasteiger partial charge in [0.15, 0.2) is 0 Å². The summed E-state index contributed by atoms with van der Waals surface area (Å²) in [4.78, 5) is 52.1. The third-order valence-corrected chi connectivity index (χ3v) is 16.2. The molecule has 12 nitrogen and oxygen atoms in total. The third kappa shape index (κ3) is 9.45. The van der Waals surface area contributed by atoms with Gasteiger partial charge in [-0.05, 0) is 106 Å². The molecule has 5 aliphatic rings. The molecule has 5 saturated heterocycles. The van der Waals surface area contributed by atoms with Gasteiger partial charge >= 0.3 is 12.1 Å². The van der Waals surface area contributed by atoms with Crippen LogP contribution < -0.4 is 14.5 Å². The predicted octanol–water partition coefficient (Wildman–Crippen LogP) is 9.48. The summed E-state index contributed by atoms with van der Waals surface area (Å²) in [6.07, 6.45) is 15.3. The molecule has 2 unspecified atom stereocenters. The molecule has 0 radical (unpaired) electrons. The largest absolute Gasteiger partial charge is 0.461 e. The van der Waals surface area contributed by atoms with Crippen LogP contribution in [0.4, 0.5) is 20.7 Å². The summed E-state index contributed by atoms with van der Waals surface area (Å²) in [5.41, 5.74) is 6.93. The van der Waals surface area contributed by atoms with E-state index in [0.717, 1.165) is 159 Å². The fraction of sp³-hybridized carbons (Fsp3) is 0.491. The molecule has 366 valence electrons. The molecule has 70 heavy (non-hydrogen) atoms. The van der Waals surface area contributed by atoms with E-state index in [2.05, 4.69) is 52.0 Å². The molecule has 0 N–H and O–H groups in total.